The van der Waals surface area contributed by atoms with E-state index in [9.17, 15) is 31.9 Å². The van der Waals surface area contributed by atoms with E-state index in [-0.39, 0.29) is 23.6 Å². The Kier molecular flexibility index (Phi) is 6.66. The van der Waals surface area contributed by atoms with Crippen molar-refractivity contribution in [2.24, 2.45) is 5.92 Å². The molecule has 0 aromatic heterocycles. The van der Waals surface area contributed by atoms with Crippen LogP contribution in [0.25, 0.3) is 0 Å². The van der Waals surface area contributed by atoms with Gasteiger partial charge in [0.25, 0.3) is 5.91 Å². The van der Waals surface area contributed by atoms with Crippen molar-refractivity contribution >= 4 is 23.7 Å². The lowest BCUT2D eigenvalue weighted by Crippen LogP contribution is -2.53. The van der Waals surface area contributed by atoms with Crippen LogP contribution in [0.3, 0.4) is 0 Å². The fourth-order valence-corrected chi connectivity index (χ4v) is 5.64. The van der Waals surface area contributed by atoms with E-state index < -0.39 is 48.5 Å². The van der Waals surface area contributed by atoms with Crippen molar-refractivity contribution in [2.45, 2.75) is 56.6 Å². The molecule has 1 heterocycles. The first-order chi connectivity index (χ1) is 18.0. The number of rotatable bonds is 6. The van der Waals surface area contributed by atoms with Gasteiger partial charge in [-0.1, -0.05) is 6.42 Å². The summed E-state index contributed by atoms with van der Waals surface area (Å²) in [6, 6.07) is 7.33. The predicted octanol–water partition coefficient (Wildman–Crippen LogP) is 5.28. The number of aliphatic carboxylic acids is 1. The minimum atomic E-state index is -4.87. The second kappa shape index (κ2) is 9.80. The van der Waals surface area contributed by atoms with Gasteiger partial charge in [0.2, 0.25) is 0 Å². The lowest BCUT2D eigenvalue weighted by atomic mass is 9.81. The Morgan fingerprint density at radius 3 is 2.37 bits per heavy atom. The smallest absolute Gasteiger partial charge is 0.479 e. The number of anilines is 1. The van der Waals surface area contributed by atoms with Gasteiger partial charge in [-0.2, -0.15) is 0 Å². The van der Waals surface area contributed by atoms with Gasteiger partial charge in [-0.3, -0.25) is 9.69 Å². The number of hydrogen-bond acceptors (Lipinski definition) is 5. The van der Waals surface area contributed by atoms with Crippen LogP contribution in [0, 0.1) is 11.7 Å². The normalized spacial score (nSPS) is 22.3. The van der Waals surface area contributed by atoms with Crippen LogP contribution in [-0.2, 0) is 9.53 Å². The van der Waals surface area contributed by atoms with Gasteiger partial charge in [0.1, 0.15) is 11.6 Å². The van der Waals surface area contributed by atoms with Crippen molar-refractivity contribution in [2.75, 3.05) is 11.5 Å². The second-order valence-electron chi connectivity index (χ2n) is 9.64. The molecular weight excluding hydrogens is 512 g/mol. The number of halogens is 4. The fourth-order valence-electron chi connectivity index (χ4n) is 5.64. The summed E-state index contributed by atoms with van der Waals surface area (Å²) >= 11 is 0. The van der Waals surface area contributed by atoms with E-state index in [0.717, 1.165) is 18.6 Å². The molecule has 1 aliphatic heterocycles. The molecule has 2 fully saturated rings. The van der Waals surface area contributed by atoms with E-state index in [1.165, 1.54) is 40.1 Å². The highest BCUT2D eigenvalue weighted by atomic mass is 19.4. The number of carboxylic acid groups (broad SMARTS) is 1. The van der Waals surface area contributed by atoms with E-state index >= 15 is 0 Å². The maximum Gasteiger partial charge on any atom is 0.573 e. The molecule has 0 spiro atoms. The largest absolute Gasteiger partial charge is 0.573 e. The number of alkyl halides is 3. The molecule has 8 nitrogen and oxygen atoms in total. The third kappa shape index (κ3) is 5.11. The summed E-state index contributed by atoms with van der Waals surface area (Å²) < 4.78 is 61.1. The zero-order chi connectivity index (χ0) is 27.2. The number of amides is 2. The molecule has 0 unspecified atom stereocenters. The molecule has 0 radical (unpaired) electrons. The van der Waals surface area contributed by atoms with Crippen molar-refractivity contribution in [1.29, 1.82) is 0 Å². The molecule has 38 heavy (non-hydrogen) atoms. The van der Waals surface area contributed by atoms with Crippen LogP contribution in [0.1, 0.15) is 54.1 Å². The van der Waals surface area contributed by atoms with E-state index in [4.69, 9.17) is 9.84 Å². The van der Waals surface area contributed by atoms with Crippen molar-refractivity contribution in [1.82, 2.24) is 4.90 Å². The predicted molar refractivity (Wildman–Crippen MR) is 124 cm³/mol. The third-order valence-corrected chi connectivity index (χ3v) is 7.16. The molecule has 1 N–H and O–H groups in total. The molecule has 0 saturated heterocycles. The van der Waals surface area contributed by atoms with Crippen LogP contribution >= 0.6 is 0 Å². The monoisotopic (exact) mass is 536 g/mol. The average Bonchev–Trinajstić information content (AvgIpc) is 3.57. The standard InChI is InChI=1S/C26H24F4N2O6/c27-15-6-11-21-19(12-15)23(31(16-7-8-16)25(36)37-13-22(33)34)18-2-1-3-20(18)32(21)24(35)14-4-9-17(10-5-14)38-26(28,29)30/h4-6,9-12,16,18,20,23H,1-3,7-8,13H2,(H,33,34)/t18-,20+,23-/m1/s1. The van der Waals surface area contributed by atoms with Gasteiger partial charge >= 0.3 is 18.4 Å². The van der Waals surface area contributed by atoms with Crippen LogP contribution in [0.5, 0.6) is 5.75 Å². The maximum atomic E-state index is 14.6. The Labute approximate surface area is 214 Å². The number of ether oxygens (including phenoxy) is 2. The van der Waals surface area contributed by atoms with Gasteiger partial charge in [0, 0.05) is 34.8 Å². The highest BCUT2D eigenvalue weighted by molar-refractivity contribution is 6.07. The first-order valence-electron chi connectivity index (χ1n) is 12.2. The molecular formula is C26H24F4N2O6. The number of nitrogens with zero attached hydrogens (tertiary/aromatic N) is 2. The van der Waals surface area contributed by atoms with Crippen molar-refractivity contribution < 1.29 is 46.5 Å². The minimum Gasteiger partial charge on any atom is -0.479 e. The van der Waals surface area contributed by atoms with Crippen LogP contribution < -0.4 is 9.64 Å². The molecule has 0 bridgehead atoms. The number of hydrogen-bond donors (Lipinski definition) is 1. The second-order valence-corrected chi connectivity index (χ2v) is 9.64. The first-order valence-corrected chi connectivity index (χ1v) is 12.2. The topological polar surface area (TPSA) is 96.4 Å². The number of fused-ring (bicyclic) bond motifs is 2. The van der Waals surface area contributed by atoms with Crippen LogP contribution in [-0.4, -0.2) is 53.0 Å². The Morgan fingerprint density at radius 2 is 1.74 bits per heavy atom. The fraction of sp³-hybridized carbons (Fsp3) is 0.423. The van der Waals surface area contributed by atoms with Crippen molar-refractivity contribution in [3.8, 4) is 5.75 Å². The van der Waals surface area contributed by atoms with Crippen LogP contribution in [0.4, 0.5) is 28.0 Å². The summed E-state index contributed by atoms with van der Waals surface area (Å²) in [6.07, 6.45) is -2.34. The molecule has 3 atom stereocenters. The number of carbonyl (C=O) groups is 3. The zero-order valence-electron chi connectivity index (χ0n) is 20.0. The SMILES string of the molecule is O=C(O)COC(=O)N(C1CC1)[C@H]1c2cc(F)ccc2N(C(=O)c2ccc(OC(F)(F)F)cc2)[C@H]2CCC[C@H]21. The van der Waals surface area contributed by atoms with E-state index in [2.05, 4.69) is 4.74 Å². The van der Waals surface area contributed by atoms with Crippen molar-refractivity contribution in [3.63, 3.8) is 0 Å². The summed E-state index contributed by atoms with van der Waals surface area (Å²) in [5, 5.41) is 8.98. The summed E-state index contributed by atoms with van der Waals surface area (Å²) in [6.45, 7) is -0.808. The molecule has 2 amide bonds. The van der Waals surface area contributed by atoms with Gasteiger partial charge in [0.05, 0.1) is 6.04 Å². The molecule has 2 saturated carbocycles. The summed E-state index contributed by atoms with van der Waals surface area (Å²) in [7, 11) is 0. The summed E-state index contributed by atoms with van der Waals surface area (Å²) in [5.74, 6) is -3.08. The lowest BCUT2D eigenvalue weighted by molar-refractivity contribution is -0.274. The number of carbonyl (C=O) groups excluding carboxylic acids is 2. The molecule has 12 heteroatoms. The van der Waals surface area contributed by atoms with Crippen LogP contribution in [0.15, 0.2) is 42.5 Å². The molecule has 2 aromatic carbocycles. The quantitative estimate of drug-likeness (QED) is 0.505. The van der Waals surface area contributed by atoms with Gasteiger partial charge in [-0.15, -0.1) is 13.2 Å². The van der Waals surface area contributed by atoms with E-state index in [0.29, 0.717) is 36.9 Å². The van der Waals surface area contributed by atoms with Crippen LogP contribution in [0.2, 0.25) is 0 Å². The van der Waals surface area contributed by atoms with Crippen molar-refractivity contribution in [3.05, 3.63) is 59.4 Å². The number of carboxylic acids is 1. The third-order valence-electron chi connectivity index (χ3n) is 7.16. The van der Waals surface area contributed by atoms with E-state index in [1.807, 2.05) is 0 Å². The van der Waals surface area contributed by atoms with Gasteiger partial charge in [0.15, 0.2) is 6.61 Å². The lowest BCUT2D eigenvalue weighted by Gasteiger charge is -2.47. The Bertz CT molecular complexity index is 1250. The summed E-state index contributed by atoms with van der Waals surface area (Å²) in [5.41, 5.74) is 0.911. The van der Waals surface area contributed by atoms with Gasteiger partial charge in [-0.05, 0) is 68.1 Å². The molecule has 202 valence electrons. The Hall–Kier alpha value is -3.83. The van der Waals surface area contributed by atoms with Gasteiger partial charge in [-0.25, -0.2) is 14.0 Å². The Balaban J connectivity index is 1.52. The van der Waals surface area contributed by atoms with E-state index in [1.54, 1.807) is 0 Å². The molecule has 5 rings (SSSR count). The first kappa shape index (κ1) is 25.8. The highest BCUT2D eigenvalue weighted by Crippen LogP contribution is 2.53. The summed E-state index contributed by atoms with van der Waals surface area (Å²) in [4.78, 5) is 40.8. The number of benzene rings is 2. The molecule has 2 aromatic rings. The zero-order valence-corrected chi connectivity index (χ0v) is 20.0. The average molecular weight is 536 g/mol. The maximum absolute atomic E-state index is 14.6. The Morgan fingerprint density at radius 1 is 1.03 bits per heavy atom. The minimum absolute atomic E-state index is 0.124. The molecule has 3 aliphatic rings. The highest BCUT2D eigenvalue weighted by Gasteiger charge is 2.52. The molecule has 2 aliphatic carbocycles. The van der Waals surface area contributed by atoms with Gasteiger partial charge < -0.3 is 19.5 Å².